The second-order valence-corrected chi connectivity index (χ2v) is 7.92. The van der Waals surface area contributed by atoms with Crippen molar-refractivity contribution in [1.82, 2.24) is 9.88 Å². The summed E-state index contributed by atoms with van der Waals surface area (Å²) >= 11 is 1.55. The van der Waals surface area contributed by atoms with Gasteiger partial charge in [0.15, 0.2) is 0 Å². The third-order valence-electron chi connectivity index (χ3n) is 4.10. The normalized spacial score (nSPS) is 15.3. The number of carbonyl (C=O) groups is 1. The molecule has 0 bridgehead atoms. The second kappa shape index (κ2) is 6.40. The molecular formula is C19H22N2O2S. The molecule has 1 N–H and O–H groups in total. The molecule has 0 radical (unpaired) electrons. The molecule has 1 aliphatic rings. The van der Waals surface area contributed by atoms with E-state index in [0.717, 1.165) is 17.0 Å². The minimum Gasteiger partial charge on any atom is -0.508 e. The van der Waals surface area contributed by atoms with Crippen molar-refractivity contribution in [1.29, 1.82) is 0 Å². The fourth-order valence-electron chi connectivity index (χ4n) is 2.67. The van der Waals surface area contributed by atoms with Crippen LogP contribution in [0.1, 0.15) is 48.3 Å². The lowest BCUT2D eigenvalue weighted by molar-refractivity contribution is 0.0767. The summed E-state index contributed by atoms with van der Waals surface area (Å²) < 4.78 is 0. The van der Waals surface area contributed by atoms with Gasteiger partial charge in [0.05, 0.1) is 5.01 Å². The van der Waals surface area contributed by atoms with Gasteiger partial charge in [-0.3, -0.25) is 4.79 Å². The number of amides is 1. The number of carbonyl (C=O) groups excluding carboxylic acids is 1. The zero-order valence-corrected chi connectivity index (χ0v) is 15.1. The van der Waals surface area contributed by atoms with Gasteiger partial charge in [0.1, 0.15) is 11.4 Å². The molecule has 1 aromatic carbocycles. The Balaban J connectivity index is 1.70. The van der Waals surface area contributed by atoms with E-state index in [0.29, 0.717) is 18.8 Å². The van der Waals surface area contributed by atoms with Crippen LogP contribution in [0.15, 0.2) is 35.7 Å². The van der Waals surface area contributed by atoms with Crippen molar-refractivity contribution in [3.63, 3.8) is 0 Å². The maximum atomic E-state index is 12.6. The fourth-order valence-corrected chi connectivity index (χ4v) is 3.55. The first-order valence-electron chi connectivity index (χ1n) is 8.08. The van der Waals surface area contributed by atoms with Crippen molar-refractivity contribution in [3.05, 3.63) is 52.0 Å². The number of nitrogens with zero attached hydrogens (tertiary/aromatic N) is 2. The molecule has 24 heavy (non-hydrogen) atoms. The number of phenolic OH excluding ortho intramolecular Hbond substituents is 1. The quantitative estimate of drug-likeness (QED) is 0.895. The Morgan fingerprint density at radius 2 is 1.96 bits per heavy atom. The molecular weight excluding hydrogens is 320 g/mol. The molecule has 2 heterocycles. The number of hydrogen-bond acceptors (Lipinski definition) is 4. The summed E-state index contributed by atoms with van der Waals surface area (Å²) in [5, 5.41) is 12.2. The predicted octanol–water partition coefficient (Wildman–Crippen LogP) is 4.08. The van der Waals surface area contributed by atoms with Gasteiger partial charge < -0.3 is 10.0 Å². The van der Waals surface area contributed by atoms with Gasteiger partial charge in [0.25, 0.3) is 5.91 Å². The van der Waals surface area contributed by atoms with E-state index < -0.39 is 0 Å². The van der Waals surface area contributed by atoms with Crippen LogP contribution in [0.5, 0.6) is 5.75 Å². The summed E-state index contributed by atoms with van der Waals surface area (Å²) in [6.07, 6.45) is 2.90. The molecule has 0 spiro atoms. The smallest absolute Gasteiger partial charge is 0.273 e. The molecule has 5 heteroatoms. The summed E-state index contributed by atoms with van der Waals surface area (Å²) in [4.78, 5) is 19.0. The first-order chi connectivity index (χ1) is 11.3. The van der Waals surface area contributed by atoms with E-state index in [2.05, 4.69) is 31.8 Å². The van der Waals surface area contributed by atoms with Crippen LogP contribution >= 0.6 is 11.3 Å². The lowest BCUT2D eigenvalue weighted by Crippen LogP contribution is -2.35. The van der Waals surface area contributed by atoms with Gasteiger partial charge in [-0.15, -0.1) is 11.3 Å². The number of aromatic nitrogens is 1. The molecule has 126 valence electrons. The molecule has 1 aromatic heterocycles. The van der Waals surface area contributed by atoms with Crippen LogP contribution < -0.4 is 0 Å². The highest BCUT2D eigenvalue weighted by molar-refractivity contribution is 7.10. The van der Waals surface area contributed by atoms with Gasteiger partial charge in [-0.05, 0) is 29.7 Å². The molecule has 0 saturated carbocycles. The van der Waals surface area contributed by atoms with Crippen LogP contribution in [0.25, 0.3) is 5.57 Å². The Morgan fingerprint density at radius 1 is 1.25 bits per heavy atom. The molecule has 0 atom stereocenters. The van der Waals surface area contributed by atoms with Gasteiger partial charge in [0.2, 0.25) is 0 Å². The zero-order chi connectivity index (χ0) is 17.3. The van der Waals surface area contributed by atoms with Crippen LogP contribution in [0, 0.1) is 0 Å². The number of phenols is 1. The minimum absolute atomic E-state index is 0.00255. The van der Waals surface area contributed by atoms with E-state index in [1.54, 1.807) is 23.5 Å². The molecule has 2 aromatic rings. The second-order valence-electron chi connectivity index (χ2n) is 7.07. The van der Waals surface area contributed by atoms with Crippen molar-refractivity contribution in [2.45, 2.75) is 32.6 Å². The van der Waals surface area contributed by atoms with E-state index >= 15 is 0 Å². The summed E-state index contributed by atoms with van der Waals surface area (Å²) in [6, 6.07) is 7.21. The number of benzene rings is 1. The van der Waals surface area contributed by atoms with Crippen molar-refractivity contribution < 1.29 is 9.90 Å². The van der Waals surface area contributed by atoms with E-state index in [9.17, 15) is 9.90 Å². The third kappa shape index (κ3) is 3.51. The van der Waals surface area contributed by atoms with Crippen LogP contribution in [0.4, 0.5) is 0 Å². The van der Waals surface area contributed by atoms with Gasteiger partial charge in [-0.25, -0.2) is 4.98 Å². The molecule has 0 unspecified atom stereocenters. The van der Waals surface area contributed by atoms with E-state index in [-0.39, 0.29) is 17.1 Å². The Labute approximate surface area is 146 Å². The van der Waals surface area contributed by atoms with Crippen molar-refractivity contribution in [2.75, 3.05) is 13.1 Å². The Hall–Kier alpha value is -2.14. The van der Waals surface area contributed by atoms with Crippen LogP contribution in [-0.4, -0.2) is 34.0 Å². The van der Waals surface area contributed by atoms with E-state index in [4.69, 9.17) is 0 Å². The summed E-state index contributed by atoms with van der Waals surface area (Å²) in [7, 11) is 0. The SMILES string of the molecule is CC(C)(C)c1nc(C(=O)N2CC=C(c3ccc(O)cc3)CC2)cs1. The topological polar surface area (TPSA) is 53.4 Å². The number of thiazole rings is 1. The van der Waals surface area contributed by atoms with Crippen LogP contribution in [-0.2, 0) is 5.41 Å². The largest absolute Gasteiger partial charge is 0.508 e. The summed E-state index contributed by atoms with van der Waals surface area (Å²) in [5.74, 6) is 0.271. The summed E-state index contributed by atoms with van der Waals surface area (Å²) in [5.41, 5.74) is 2.83. The molecule has 0 aliphatic carbocycles. The molecule has 1 amide bonds. The lowest BCUT2D eigenvalue weighted by atomic mass is 9.98. The van der Waals surface area contributed by atoms with Crippen molar-refractivity contribution in [2.24, 2.45) is 0 Å². The maximum absolute atomic E-state index is 12.6. The van der Waals surface area contributed by atoms with E-state index in [1.165, 1.54) is 5.57 Å². The lowest BCUT2D eigenvalue weighted by Gasteiger charge is -2.26. The number of aromatic hydroxyl groups is 1. The molecule has 0 saturated heterocycles. The first-order valence-corrected chi connectivity index (χ1v) is 8.96. The molecule has 0 fully saturated rings. The number of hydrogen-bond donors (Lipinski definition) is 1. The molecule has 3 rings (SSSR count). The van der Waals surface area contributed by atoms with Gasteiger partial charge in [0, 0.05) is 23.9 Å². The maximum Gasteiger partial charge on any atom is 0.273 e. The molecule has 4 nitrogen and oxygen atoms in total. The average Bonchev–Trinajstić information content (AvgIpc) is 3.05. The Morgan fingerprint density at radius 3 is 2.50 bits per heavy atom. The Kier molecular flexibility index (Phi) is 4.45. The van der Waals surface area contributed by atoms with Crippen LogP contribution in [0.2, 0.25) is 0 Å². The highest BCUT2D eigenvalue weighted by atomic mass is 32.1. The van der Waals surface area contributed by atoms with Gasteiger partial charge in [-0.1, -0.05) is 39.0 Å². The molecule has 1 aliphatic heterocycles. The van der Waals surface area contributed by atoms with E-state index in [1.807, 2.05) is 22.4 Å². The van der Waals surface area contributed by atoms with Crippen molar-refractivity contribution >= 4 is 22.8 Å². The highest BCUT2D eigenvalue weighted by Crippen LogP contribution is 2.27. The van der Waals surface area contributed by atoms with Gasteiger partial charge in [-0.2, -0.15) is 0 Å². The number of rotatable bonds is 2. The Bertz CT molecular complexity index is 769. The third-order valence-corrected chi connectivity index (χ3v) is 5.37. The summed E-state index contributed by atoms with van der Waals surface area (Å²) in [6.45, 7) is 7.60. The average molecular weight is 342 g/mol. The first kappa shape index (κ1) is 16.7. The zero-order valence-electron chi connectivity index (χ0n) is 14.2. The van der Waals surface area contributed by atoms with Crippen LogP contribution in [0.3, 0.4) is 0 Å². The standard InChI is InChI=1S/C19H22N2O2S/c1-19(2,3)18-20-16(12-24-18)17(23)21-10-8-14(9-11-21)13-4-6-15(22)7-5-13/h4-8,12,22H,9-11H2,1-3H3. The minimum atomic E-state index is -0.0307. The van der Waals surface area contributed by atoms with Gasteiger partial charge >= 0.3 is 0 Å². The monoisotopic (exact) mass is 342 g/mol. The predicted molar refractivity (Wildman–Crippen MR) is 97.4 cm³/mol. The fraction of sp³-hybridized carbons (Fsp3) is 0.368. The highest BCUT2D eigenvalue weighted by Gasteiger charge is 2.24. The van der Waals surface area contributed by atoms with Crippen molar-refractivity contribution in [3.8, 4) is 5.75 Å².